The first-order valence-electron chi connectivity index (χ1n) is 7.42. The van der Waals surface area contributed by atoms with Gasteiger partial charge in [0.05, 0.1) is 12.6 Å². The number of rotatable bonds is 9. The number of benzene rings is 1. The first-order valence-corrected chi connectivity index (χ1v) is 7.42. The largest absolute Gasteiger partial charge is 0.497 e. The predicted molar refractivity (Wildman–Crippen MR) is 90.6 cm³/mol. The van der Waals surface area contributed by atoms with Crippen molar-refractivity contribution in [1.29, 1.82) is 0 Å². The lowest BCUT2D eigenvalue weighted by molar-refractivity contribution is 0.154. The van der Waals surface area contributed by atoms with Gasteiger partial charge in [-0.3, -0.25) is 4.90 Å². The molecule has 0 spiro atoms. The van der Waals surface area contributed by atoms with Crippen LogP contribution in [0.2, 0.25) is 0 Å². The smallest absolute Gasteiger partial charge is 0.119 e. The van der Waals surface area contributed by atoms with Gasteiger partial charge in [-0.2, -0.15) is 0 Å². The van der Waals surface area contributed by atoms with Crippen molar-refractivity contribution >= 4 is 0 Å². The Morgan fingerprint density at radius 3 is 2.43 bits per heavy atom. The Bertz CT molecular complexity index is 462. The zero-order valence-corrected chi connectivity index (χ0v) is 13.5. The molecule has 3 heteroatoms. The Balaban J connectivity index is 3.15. The lowest BCUT2D eigenvalue weighted by atomic mass is 9.81. The van der Waals surface area contributed by atoms with Crippen molar-refractivity contribution in [2.75, 3.05) is 20.2 Å². The lowest BCUT2D eigenvalue weighted by Crippen LogP contribution is -2.54. The molecular weight excluding hydrogens is 260 g/mol. The van der Waals surface area contributed by atoms with Crippen LogP contribution in [0.4, 0.5) is 0 Å². The van der Waals surface area contributed by atoms with Gasteiger partial charge >= 0.3 is 0 Å². The lowest BCUT2D eigenvalue weighted by Gasteiger charge is -2.41. The molecule has 21 heavy (non-hydrogen) atoms. The van der Waals surface area contributed by atoms with Crippen molar-refractivity contribution in [3.05, 3.63) is 55.1 Å². The second kappa shape index (κ2) is 8.01. The zero-order chi connectivity index (χ0) is 15.9. The van der Waals surface area contributed by atoms with E-state index in [4.69, 9.17) is 10.5 Å². The number of methoxy groups -OCH3 is 1. The van der Waals surface area contributed by atoms with Crippen LogP contribution in [-0.4, -0.2) is 31.1 Å². The molecule has 0 aliphatic carbocycles. The fourth-order valence-electron chi connectivity index (χ4n) is 2.70. The molecule has 0 bridgehead atoms. The summed E-state index contributed by atoms with van der Waals surface area (Å²) in [4.78, 5) is 2.28. The highest BCUT2D eigenvalue weighted by Gasteiger charge is 2.35. The highest BCUT2D eigenvalue weighted by molar-refractivity contribution is 5.34. The van der Waals surface area contributed by atoms with Crippen LogP contribution in [0, 0.1) is 0 Å². The Morgan fingerprint density at radius 2 is 1.95 bits per heavy atom. The van der Waals surface area contributed by atoms with Crippen LogP contribution in [0.25, 0.3) is 0 Å². The van der Waals surface area contributed by atoms with E-state index in [1.54, 1.807) is 7.11 Å². The topological polar surface area (TPSA) is 38.5 Å². The van der Waals surface area contributed by atoms with Crippen LogP contribution in [-0.2, 0) is 5.54 Å². The summed E-state index contributed by atoms with van der Waals surface area (Å²) in [6.45, 7) is 13.5. The van der Waals surface area contributed by atoms with Gasteiger partial charge in [0.25, 0.3) is 0 Å². The first kappa shape index (κ1) is 17.5. The van der Waals surface area contributed by atoms with Crippen molar-refractivity contribution in [3.63, 3.8) is 0 Å². The van der Waals surface area contributed by atoms with Crippen molar-refractivity contribution < 1.29 is 4.74 Å². The van der Waals surface area contributed by atoms with Gasteiger partial charge < -0.3 is 10.5 Å². The van der Waals surface area contributed by atoms with E-state index in [1.165, 1.54) is 0 Å². The Labute approximate surface area is 129 Å². The molecule has 1 aromatic rings. The average molecular weight is 288 g/mol. The number of nitrogens with two attached hydrogens (primary N) is 1. The minimum absolute atomic E-state index is 0.158. The summed E-state index contributed by atoms with van der Waals surface area (Å²) in [7, 11) is 1.68. The molecule has 0 amide bonds. The molecule has 3 nitrogen and oxygen atoms in total. The molecule has 0 saturated carbocycles. The minimum Gasteiger partial charge on any atom is -0.497 e. The fraction of sp³-hybridized carbons (Fsp3) is 0.444. The third-order valence-corrected chi connectivity index (χ3v) is 4.21. The predicted octanol–water partition coefficient (Wildman–Crippen LogP) is 3.32. The van der Waals surface area contributed by atoms with Gasteiger partial charge in [0.1, 0.15) is 5.75 Å². The molecule has 0 radical (unpaired) electrons. The monoisotopic (exact) mass is 288 g/mol. The second-order valence-electron chi connectivity index (χ2n) is 5.33. The summed E-state index contributed by atoms with van der Waals surface area (Å²) in [5.41, 5.74) is 7.43. The molecular formula is C18H28N2O. The molecule has 0 aliphatic heterocycles. The third-order valence-electron chi connectivity index (χ3n) is 4.21. The summed E-state index contributed by atoms with van der Waals surface area (Å²) in [5.74, 6) is 0.835. The van der Waals surface area contributed by atoms with Crippen LogP contribution >= 0.6 is 0 Å². The molecule has 116 valence electrons. The van der Waals surface area contributed by atoms with Crippen molar-refractivity contribution in [2.24, 2.45) is 5.73 Å². The second-order valence-corrected chi connectivity index (χ2v) is 5.33. The van der Waals surface area contributed by atoms with Crippen molar-refractivity contribution in [3.8, 4) is 5.75 Å². The molecule has 0 saturated heterocycles. The molecule has 1 rings (SSSR count). The Kier molecular flexibility index (Phi) is 6.66. The highest BCUT2D eigenvalue weighted by atomic mass is 16.5. The van der Waals surface area contributed by atoms with Crippen LogP contribution in [0.15, 0.2) is 49.6 Å². The maximum absolute atomic E-state index is 6.78. The number of ether oxygens (including phenoxy) is 1. The van der Waals surface area contributed by atoms with Crippen molar-refractivity contribution in [1.82, 2.24) is 4.90 Å². The molecule has 2 atom stereocenters. The quantitative estimate of drug-likeness (QED) is 0.708. The Morgan fingerprint density at radius 1 is 1.33 bits per heavy atom. The first-order chi connectivity index (χ1) is 10.0. The third kappa shape index (κ3) is 3.96. The van der Waals surface area contributed by atoms with Gasteiger partial charge in [0.2, 0.25) is 0 Å². The number of hydrogen-bond donors (Lipinski definition) is 1. The van der Waals surface area contributed by atoms with Gasteiger partial charge in [-0.05, 0) is 31.0 Å². The van der Waals surface area contributed by atoms with E-state index in [2.05, 4.69) is 38.0 Å². The standard InChI is InChI=1S/C18H28N2O/c1-6-12-20(13-7-2)15(4)18(19,8-3)16-10-9-11-17(14-16)21-5/h6-7,9-11,14-15H,1-2,8,12-13,19H2,3-5H3. The number of nitrogens with zero attached hydrogens (tertiary/aromatic N) is 1. The number of hydrogen-bond acceptors (Lipinski definition) is 3. The van der Waals surface area contributed by atoms with Crippen LogP contribution in [0.3, 0.4) is 0 Å². The average Bonchev–Trinajstić information content (AvgIpc) is 2.53. The Hall–Kier alpha value is -1.58. The van der Waals surface area contributed by atoms with E-state index < -0.39 is 5.54 Å². The van der Waals surface area contributed by atoms with Gasteiger partial charge in [-0.25, -0.2) is 0 Å². The van der Waals surface area contributed by atoms with E-state index in [0.717, 1.165) is 30.8 Å². The summed E-state index contributed by atoms with van der Waals surface area (Å²) >= 11 is 0. The van der Waals surface area contributed by atoms with Gasteiger partial charge in [-0.15, -0.1) is 13.2 Å². The SMILES string of the molecule is C=CCN(CC=C)C(C)C(N)(CC)c1cccc(OC)c1. The van der Waals surface area contributed by atoms with Crippen molar-refractivity contribution in [2.45, 2.75) is 31.8 Å². The van der Waals surface area contributed by atoms with E-state index in [1.807, 2.05) is 30.4 Å². The maximum Gasteiger partial charge on any atom is 0.119 e. The van der Waals surface area contributed by atoms with Crippen LogP contribution in [0.1, 0.15) is 25.8 Å². The van der Waals surface area contributed by atoms with E-state index >= 15 is 0 Å². The highest BCUT2D eigenvalue weighted by Crippen LogP contribution is 2.31. The van der Waals surface area contributed by atoms with E-state index in [-0.39, 0.29) is 6.04 Å². The molecule has 1 aromatic carbocycles. The molecule has 2 N–H and O–H groups in total. The summed E-state index contributed by atoms with van der Waals surface area (Å²) in [6.07, 6.45) is 4.65. The molecule has 0 aliphatic rings. The van der Waals surface area contributed by atoms with Crippen LogP contribution < -0.4 is 10.5 Å². The zero-order valence-electron chi connectivity index (χ0n) is 13.5. The fourth-order valence-corrected chi connectivity index (χ4v) is 2.70. The van der Waals surface area contributed by atoms with Gasteiger partial charge in [0.15, 0.2) is 0 Å². The molecule has 2 unspecified atom stereocenters. The van der Waals surface area contributed by atoms with E-state index in [0.29, 0.717) is 0 Å². The molecule has 0 aromatic heterocycles. The summed E-state index contributed by atoms with van der Waals surface area (Å²) in [6, 6.07) is 8.19. The summed E-state index contributed by atoms with van der Waals surface area (Å²) < 4.78 is 5.33. The van der Waals surface area contributed by atoms with Gasteiger partial charge in [0, 0.05) is 19.1 Å². The normalized spacial score (nSPS) is 15.3. The minimum atomic E-state index is -0.444. The van der Waals surface area contributed by atoms with Gasteiger partial charge in [-0.1, -0.05) is 31.2 Å². The maximum atomic E-state index is 6.78. The van der Waals surface area contributed by atoms with E-state index in [9.17, 15) is 0 Å². The molecule has 0 fully saturated rings. The summed E-state index contributed by atoms with van der Waals surface area (Å²) in [5, 5.41) is 0. The van der Waals surface area contributed by atoms with Crippen LogP contribution in [0.5, 0.6) is 5.75 Å². The molecule has 0 heterocycles.